The van der Waals surface area contributed by atoms with Crippen LogP contribution in [0.5, 0.6) is 5.75 Å². The summed E-state index contributed by atoms with van der Waals surface area (Å²) in [4.78, 5) is 0.218. The van der Waals surface area contributed by atoms with Crippen molar-refractivity contribution in [1.82, 2.24) is 10.0 Å². The van der Waals surface area contributed by atoms with Crippen molar-refractivity contribution in [3.8, 4) is 5.75 Å². The predicted molar refractivity (Wildman–Crippen MR) is 88.8 cm³/mol. The summed E-state index contributed by atoms with van der Waals surface area (Å²) in [7, 11) is -2.02. The van der Waals surface area contributed by atoms with Crippen molar-refractivity contribution in [2.45, 2.75) is 36.7 Å². The van der Waals surface area contributed by atoms with Gasteiger partial charge in [0.15, 0.2) is 0 Å². The minimum absolute atomic E-state index is 0. The highest BCUT2D eigenvalue weighted by Crippen LogP contribution is 2.27. The maximum Gasteiger partial charge on any atom is 0.241 e. The first kappa shape index (κ1) is 18.7. The van der Waals surface area contributed by atoms with Gasteiger partial charge in [0.25, 0.3) is 0 Å². The van der Waals surface area contributed by atoms with Gasteiger partial charge in [0.05, 0.1) is 16.5 Å². The lowest BCUT2D eigenvalue weighted by Crippen LogP contribution is -2.51. The fourth-order valence-electron chi connectivity index (χ4n) is 2.28. The van der Waals surface area contributed by atoms with E-state index in [9.17, 15) is 8.42 Å². The Morgan fingerprint density at radius 1 is 1.43 bits per heavy atom. The second kappa shape index (κ2) is 7.78. The van der Waals surface area contributed by atoms with Crippen molar-refractivity contribution >= 4 is 38.4 Å². The standard InChI is InChI=1S/C13H19BrN2O3S.ClH/c1-9-12(4-3-7-15-9)16-20(17,18)10-5-6-11(14)13(8-10)19-2;/h5-6,8-9,12,15-16H,3-4,7H2,1-2H3;1H. The minimum Gasteiger partial charge on any atom is -0.496 e. The fourth-order valence-corrected chi connectivity index (χ4v) is 4.05. The van der Waals surface area contributed by atoms with Crippen molar-refractivity contribution in [2.75, 3.05) is 13.7 Å². The molecule has 1 aliphatic rings. The van der Waals surface area contributed by atoms with Gasteiger partial charge in [-0.25, -0.2) is 13.1 Å². The van der Waals surface area contributed by atoms with Crippen LogP contribution in [0.25, 0.3) is 0 Å². The van der Waals surface area contributed by atoms with Crippen LogP contribution in [-0.4, -0.2) is 34.2 Å². The second-order valence-corrected chi connectivity index (χ2v) is 7.48. The highest BCUT2D eigenvalue weighted by molar-refractivity contribution is 9.10. The zero-order chi connectivity index (χ0) is 14.8. The number of sulfonamides is 1. The number of rotatable bonds is 4. The Hall–Kier alpha value is -0.340. The van der Waals surface area contributed by atoms with Crippen LogP contribution in [0.3, 0.4) is 0 Å². The van der Waals surface area contributed by atoms with E-state index in [0.29, 0.717) is 5.75 Å². The molecule has 2 rings (SSSR count). The van der Waals surface area contributed by atoms with E-state index >= 15 is 0 Å². The zero-order valence-corrected chi connectivity index (χ0v) is 15.1. The van der Waals surface area contributed by atoms with Crippen LogP contribution >= 0.6 is 28.3 Å². The van der Waals surface area contributed by atoms with Crippen LogP contribution < -0.4 is 14.8 Å². The number of hydrogen-bond acceptors (Lipinski definition) is 4. The fraction of sp³-hybridized carbons (Fsp3) is 0.538. The molecule has 2 unspecified atom stereocenters. The quantitative estimate of drug-likeness (QED) is 0.815. The molecule has 1 saturated heterocycles. The van der Waals surface area contributed by atoms with Gasteiger partial charge >= 0.3 is 0 Å². The molecule has 0 aromatic heterocycles. The number of nitrogens with one attached hydrogen (secondary N) is 2. The van der Waals surface area contributed by atoms with E-state index in [-0.39, 0.29) is 29.4 Å². The molecule has 1 fully saturated rings. The van der Waals surface area contributed by atoms with Crippen LogP contribution in [0.1, 0.15) is 19.8 Å². The van der Waals surface area contributed by atoms with E-state index in [1.165, 1.54) is 13.2 Å². The van der Waals surface area contributed by atoms with Crippen molar-refractivity contribution in [3.63, 3.8) is 0 Å². The lowest BCUT2D eigenvalue weighted by Gasteiger charge is -2.30. The summed E-state index contributed by atoms with van der Waals surface area (Å²) in [5.74, 6) is 0.502. The van der Waals surface area contributed by atoms with Gasteiger partial charge < -0.3 is 10.1 Å². The second-order valence-electron chi connectivity index (χ2n) is 4.91. The largest absolute Gasteiger partial charge is 0.496 e. The summed E-state index contributed by atoms with van der Waals surface area (Å²) in [5.41, 5.74) is 0. The molecule has 0 amide bonds. The highest BCUT2D eigenvalue weighted by Gasteiger charge is 2.26. The Kier molecular flexibility index (Phi) is 6.93. The van der Waals surface area contributed by atoms with E-state index in [1.807, 2.05) is 6.92 Å². The van der Waals surface area contributed by atoms with Gasteiger partial charge in [-0.3, -0.25) is 0 Å². The molecule has 0 saturated carbocycles. The topological polar surface area (TPSA) is 67.4 Å². The maximum absolute atomic E-state index is 12.4. The Balaban J connectivity index is 0.00000220. The molecule has 1 aromatic carbocycles. The number of methoxy groups -OCH3 is 1. The first-order valence-corrected chi connectivity index (χ1v) is 8.81. The first-order valence-electron chi connectivity index (χ1n) is 6.53. The third kappa shape index (κ3) is 4.56. The Morgan fingerprint density at radius 3 is 2.76 bits per heavy atom. The van der Waals surface area contributed by atoms with Crippen molar-refractivity contribution < 1.29 is 13.2 Å². The van der Waals surface area contributed by atoms with Gasteiger partial charge in [0.1, 0.15) is 5.75 Å². The average molecular weight is 400 g/mol. The molecular weight excluding hydrogens is 380 g/mol. The van der Waals surface area contributed by atoms with Gasteiger partial charge in [0, 0.05) is 18.2 Å². The molecule has 0 spiro atoms. The van der Waals surface area contributed by atoms with Gasteiger partial charge in [-0.2, -0.15) is 0 Å². The van der Waals surface area contributed by atoms with E-state index in [2.05, 4.69) is 26.0 Å². The average Bonchev–Trinajstić information content (AvgIpc) is 2.41. The Bertz CT molecular complexity index is 583. The molecule has 1 heterocycles. The number of hydrogen-bond donors (Lipinski definition) is 2. The third-order valence-electron chi connectivity index (χ3n) is 3.50. The minimum atomic E-state index is -3.53. The van der Waals surface area contributed by atoms with Crippen molar-refractivity contribution in [1.29, 1.82) is 0 Å². The summed E-state index contributed by atoms with van der Waals surface area (Å²) in [6.45, 7) is 2.93. The van der Waals surface area contributed by atoms with Crippen LogP contribution in [0.4, 0.5) is 0 Å². The molecule has 21 heavy (non-hydrogen) atoms. The van der Waals surface area contributed by atoms with Gasteiger partial charge in [0.2, 0.25) is 10.0 Å². The van der Waals surface area contributed by atoms with Gasteiger partial charge in [-0.1, -0.05) is 0 Å². The van der Waals surface area contributed by atoms with Crippen molar-refractivity contribution in [3.05, 3.63) is 22.7 Å². The molecule has 0 bridgehead atoms. The lowest BCUT2D eigenvalue weighted by atomic mass is 10.0. The van der Waals surface area contributed by atoms with Gasteiger partial charge in [-0.15, -0.1) is 12.4 Å². The highest BCUT2D eigenvalue weighted by atomic mass is 79.9. The van der Waals surface area contributed by atoms with Crippen LogP contribution in [0, 0.1) is 0 Å². The van der Waals surface area contributed by atoms with Crippen LogP contribution in [-0.2, 0) is 10.0 Å². The normalized spacial score (nSPS) is 22.4. The Labute approximate surface area is 140 Å². The summed E-state index contributed by atoms with van der Waals surface area (Å²) in [6, 6.07) is 4.82. The summed E-state index contributed by atoms with van der Waals surface area (Å²) >= 11 is 3.32. The number of ether oxygens (including phenoxy) is 1. The zero-order valence-electron chi connectivity index (χ0n) is 11.9. The molecule has 2 N–H and O–H groups in total. The van der Waals surface area contributed by atoms with E-state index in [4.69, 9.17) is 4.74 Å². The smallest absolute Gasteiger partial charge is 0.241 e. The summed E-state index contributed by atoms with van der Waals surface area (Å²) < 4.78 is 33.5. The number of piperidine rings is 1. The molecule has 0 radical (unpaired) electrons. The molecular formula is C13H20BrClN2O3S. The van der Waals surface area contributed by atoms with Crippen LogP contribution in [0.15, 0.2) is 27.6 Å². The van der Waals surface area contributed by atoms with E-state index in [0.717, 1.165) is 23.9 Å². The van der Waals surface area contributed by atoms with Gasteiger partial charge in [-0.05, 0) is 54.4 Å². The predicted octanol–water partition coefficient (Wildman–Crippen LogP) is 2.30. The molecule has 120 valence electrons. The number of benzene rings is 1. The van der Waals surface area contributed by atoms with E-state index < -0.39 is 10.0 Å². The molecule has 1 aromatic rings. The monoisotopic (exact) mass is 398 g/mol. The molecule has 1 aliphatic heterocycles. The molecule has 8 heteroatoms. The lowest BCUT2D eigenvalue weighted by molar-refractivity contribution is 0.348. The van der Waals surface area contributed by atoms with Crippen molar-refractivity contribution in [2.24, 2.45) is 0 Å². The number of halogens is 2. The summed E-state index contributed by atoms with van der Waals surface area (Å²) in [5, 5.41) is 3.28. The molecule has 5 nitrogen and oxygen atoms in total. The van der Waals surface area contributed by atoms with E-state index in [1.54, 1.807) is 12.1 Å². The SMILES string of the molecule is COc1cc(S(=O)(=O)NC2CCCNC2C)ccc1Br.Cl. The van der Waals surface area contributed by atoms with Crippen LogP contribution in [0.2, 0.25) is 0 Å². The Morgan fingerprint density at radius 2 is 2.14 bits per heavy atom. The molecule has 0 aliphatic carbocycles. The summed E-state index contributed by atoms with van der Waals surface area (Å²) in [6.07, 6.45) is 1.82. The third-order valence-corrected chi connectivity index (χ3v) is 5.64. The maximum atomic E-state index is 12.4. The first-order chi connectivity index (χ1) is 9.44. The molecule has 2 atom stereocenters.